The molecule has 0 bridgehead atoms. The Morgan fingerprint density at radius 2 is 1.21 bits per heavy atom. The molecular weight excluding hydrogens is 507 g/mol. The fourth-order valence-electron chi connectivity index (χ4n) is 7.92. The number of hydrogen-bond acceptors (Lipinski definition) is 2. The van der Waals surface area contributed by atoms with Crippen LogP contribution >= 0.6 is 0 Å². The lowest BCUT2D eigenvalue weighted by Gasteiger charge is -2.45. The van der Waals surface area contributed by atoms with E-state index < -0.39 is 0 Å². The first-order valence-corrected chi connectivity index (χ1v) is 15.7. The molecule has 0 spiro atoms. The Balaban J connectivity index is 1.49. The van der Waals surface area contributed by atoms with Crippen molar-refractivity contribution in [3.05, 3.63) is 125 Å². The van der Waals surface area contributed by atoms with Crippen molar-refractivity contribution >= 4 is 57.2 Å². The van der Waals surface area contributed by atoms with E-state index >= 15 is 0 Å². The highest BCUT2D eigenvalue weighted by Crippen LogP contribution is 2.47. The Labute approximate surface area is 250 Å². The molecule has 3 aliphatic rings. The van der Waals surface area contributed by atoms with Gasteiger partial charge in [0.25, 0.3) is 6.71 Å². The van der Waals surface area contributed by atoms with Crippen LogP contribution in [0.25, 0.3) is 0 Å². The van der Waals surface area contributed by atoms with E-state index in [0.717, 1.165) is 0 Å². The smallest absolute Gasteiger partial charge is 0.252 e. The Hall–Kier alpha value is -4.24. The number of nitrogens with zero attached hydrogens (tertiary/aromatic N) is 2. The maximum atomic E-state index is 2.59. The minimum Gasteiger partial charge on any atom is -0.311 e. The standard InChI is InChI=1S/C39H37BN2/c1-26-19-21-34(28(3)22-26)42-36-23-27(2)18-20-33(36)40-32-16-10-11-17-35(32)41(31-14-8-5-9-15-31)37-24-30(25-38(42)39(37)40)29-12-6-4-7-13-29/h5,8-11,14-25,29H,4,6-7,12-13H2,1-3H3. The van der Waals surface area contributed by atoms with Gasteiger partial charge in [-0.05, 0) is 115 Å². The molecule has 206 valence electrons. The van der Waals surface area contributed by atoms with E-state index in [-0.39, 0.29) is 6.71 Å². The fourth-order valence-corrected chi connectivity index (χ4v) is 7.92. The second-order valence-electron chi connectivity index (χ2n) is 12.7. The predicted molar refractivity (Wildman–Crippen MR) is 181 cm³/mol. The summed E-state index contributed by atoms with van der Waals surface area (Å²) in [4.78, 5) is 5.13. The van der Waals surface area contributed by atoms with Gasteiger partial charge in [-0.15, -0.1) is 0 Å². The van der Waals surface area contributed by atoms with Crippen molar-refractivity contribution < 1.29 is 0 Å². The largest absolute Gasteiger partial charge is 0.311 e. The topological polar surface area (TPSA) is 6.48 Å². The molecule has 2 nitrogen and oxygen atoms in total. The summed E-state index contributed by atoms with van der Waals surface area (Å²) in [6, 6.07) is 39.3. The lowest BCUT2D eigenvalue weighted by Crippen LogP contribution is -2.61. The van der Waals surface area contributed by atoms with E-state index in [1.807, 2.05) is 0 Å². The molecule has 1 aliphatic carbocycles. The zero-order chi connectivity index (χ0) is 28.4. The molecule has 2 heterocycles. The van der Waals surface area contributed by atoms with Crippen molar-refractivity contribution in [2.75, 3.05) is 9.80 Å². The molecule has 0 aromatic heterocycles. The summed E-state index contributed by atoms with van der Waals surface area (Å²) in [5.41, 5.74) is 17.4. The number of para-hydroxylation sites is 2. The summed E-state index contributed by atoms with van der Waals surface area (Å²) in [6.45, 7) is 6.88. The Morgan fingerprint density at radius 1 is 0.548 bits per heavy atom. The summed E-state index contributed by atoms with van der Waals surface area (Å²) in [5.74, 6) is 0.605. The molecule has 5 aromatic rings. The number of aryl methyl sites for hydroxylation is 3. The summed E-state index contributed by atoms with van der Waals surface area (Å²) < 4.78 is 0. The summed E-state index contributed by atoms with van der Waals surface area (Å²) in [6.07, 6.45) is 6.58. The molecule has 0 unspecified atom stereocenters. The van der Waals surface area contributed by atoms with Crippen LogP contribution in [0.1, 0.15) is 60.3 Å². The zero-order valence-electron chi connectivity index (χ0n) is 24.9. The summed E-state index contributed by atoms with van der Waals surface area (Å²) >= 11 is 0. The molecule has 3 heteroatoms. The molecule has 0 N–H and O–H groups in total. The van der Waals surface area contributed by atoms with Crippen LogP contribution in [0.5, 0.6) is 0 Å². The highest BCUT2D eigenvalue weighted by atomic mass is 15.2. The van der Waals surface area contributed by atoms with Gasteiger partial charge >= 0.3 is 0 Å². The second-order valence-corrected chi connectivity index (χ2v) is 12.7. The van der Waals surface area contributed by atoms with E-state index in [2.05, 4.69) is 134 Å². The quantitative estimate of drug-likeness (QED) is 0.205. The molecule has 0 amide bonds. The average molecular weight is 545 g/mol. The van der Waals surface area contributed by atoms with Gasteiger partial charge < -0.3 is 9.80 Å². The monoisotopic (exact) mass is 544 g/mol. The van der Waals surface area contributed by atoms with Gasteiger partial charge in [0.1, 0.15) is 0 Å². The van der Waals surface area contributed by atoms with Crippen LogP contribution in [0.2, 0.25) is 0 Å². The lowest BCUT2D eigenvalue weighted by molar-refractivity contribution is 0.444. The molecule has 0 radical (unpaired) electrons. The van der Waals surface area contributed by atoms with Crippen LogP contribution in [0.15, 0.2) is 103 Å². The molecule has 5 aromatic carbocycles. The van der Waals surface area contributed by atoms with Gasteiger partial charge in [-0.3, -0.25) is 0 Å². The molecule has 0 atom stereocenters. The SMILES string of the molecule is Cc1ccc(N2c3cc(C)ccc3B3c4ccccc4N(c4ccccc4)c4cc(C5CCCCC5)cc2c43)c(C)c1. The van der Waals surface area contributed by atoms with Crippen molar-refractivity contribution in [1.82, 2.24) is 0 Å². The van der Waals surface area contributed by atoms with Crippen LogP contribution in [0.3, 0.4) is 0 Å². The van der Waals surface area contributed by atoms with E-state index in [1.54, 1.807) is 0 Å². The summed E-state index contributed by atoms with van der Waals surface area (Å²) in [7, 11) is 0. The number of fused-ring (bicyclic) bond motifs is 4. The van der Waals surface area contributed by atoms with Gasteiger partial charge in [0.2, 0.25) is 0 Å². The molecule has 42 heavy (non-hydrogen) atoms. The lowest BCUT2D eigenvalue weighted by atomic mass is 9.33. The Bertz CT molecular complexity index is 1820. The van der Waals surface area contributed by atoms with Crippen LogP contribution in [-0.2, 0) is 0 Å². The third-order valence-corrected chi connectivity index (χ3v) is 9.84. The molecule has 1 fully saturated rings. The predicted octanol–water partition coefficient (Wildman–Crippen LogP) is 8.74. The van der Waals surface area contributed by atoms with Crippen molar-refractivity contribution in [2.45, 2.75) is 58.8 Å². The summed E-state index contributed by atoms with van der Waals surface area (Å²) in [5, 5.41) is 0. The van der Waals surface area contributed by atoms with E-state index in [9.17, 15) is 0 Å². The third-order valence-electron chi connectivity index (χ3n) is 9.84. The van der Waals surface area contributed by atoms with E-state index in [0.29, 0.717) is 5.92 Å². The van der Waals surface area contributed by atoms with Gasteiger partial charge in [-0.2, -0.15) is 0 Å². The zero-order valence-corrected chi connectivity index (χ0v) is 24.9. The highest BCUT2D eigenvalue weighted by Gasteiger charge is 2.43. The Morgan fingerprint density at radius 3 is 2.00 bits per heavy atom. The second kappa shape index (κ2) is 9.95. The maximum Gasteiger partial charge on any atom is 0.252 e. The number of hydrogen-bond donors (Lipinski definition) is 0. The molecule has 2 aliphatic heterocycles. The van der Waals surface area contributed by atoms with Crippen LogP contribution in [-0.4, -0.2) is 6.71 Å². The van der Waals surface area contributed by atoms with Gasteiger partial charge in [0, 0.05) is 34.1 Å². The number of rotatable bonds is 3. The van der Waals surface area contributed by atoms with Gasteiger partial charge in [-0.1, -0.05) is 85.5 Å². The molecule has 8 rings (SSSR count). The van der Waals surface area contributed by atoms with Gasteiger partial charge in [0.05, 0.1) is 0 Å². The number of benzene rings is 5. The molecule has 0 saturated heterocycles. The van der Waals surface area contributed by atoms with Crippen LogP contribution < -0.4 is 26.2 Å². The third kappa shape index (κ3) is 3.94. The highest BCUT2D eigenvalue weighted by molar-refractivity contribution is 7.00. The first kappa shape index (κ1) is 25.5. The minimum absolute atomic E-state index is 0.184. The average Bonchev–Trinajstić information content (AvgIpc) is 3.02. The first-order chi connectivity index (χ1) is 20.6. The molecular formula is C39H37BN2. The normalized spacial score (nSPS) is 15.7. The maximum absolute atomic E-state index is 2.59. The van der Waals surface area contributed by atoms with Crippen LogP contribution in [0.4, 0.5) is 34.1 Å². The first-order valence-electron chi connectivity index (χ1n) is 15.7. The van der Waals surface area contributed by atoms with Crippen molar-refractivity contribution in [3.63, 3.8) is 0 Å². The minimum atomic E-state index is 0.184. The van der Waals surface area contributed by atoms with Gasteiger partial charge in [0.15, 0.2) is 0 Å². The van der Waals surface area contributed by atoms with Crippen LogP contribution in [0, 0.1) is 20.8 Å². The van der Waals surface area contributed by atoms with E-state index in [1.165, 1.54) is 105 Å². The fraction of sp³-hybridized carbons (Fsp3) is 0.231. The Kier molecular flexibility index (Phi) is 6.03. The van der Waals surface area contributed by atoms with Crippen molar-refractivity contribution in [3.8, 4) is 0 Å². The van der Waals surface area contributed by atoms with E-state index in [4.69, 9.17) is 0 Å². The molecule has 1 saturated carbocycles. The van der Waals surface area contributed by atoms with Crippen molar-refractivity contribution in [2.24, 2.45) is 0 Å². The van der Waals surface area contributed by atoms with Gasteiger partial charge in [-0.25, -0.2) is 0 Å². The van der Waals surface area contributed by atoms with Crippen molar-refractivity contribution in [1.29, 1.82) is 0 Å². The number of anilines is 6.